The van der Waals surface area contributed by atoms with Gasteiger partial charge in [-0.3, -0.25) is 0 Å². The summed E-state index contributed by atoms with van der Waals surface area (Å²) in [6.45, 7) is 8.66. The zero-order valence-electron chi connectivity index (χ0n) is 9.05. The lowest BCUT2D eigenvalue weighted by atomic mass is 10.1. The van der Waals surface area contributed by atoms with Gasteiger partial charge in [0.1, 0.15) is 5.75 Å². The Morgan fingerprint density at radius 2 is 2.14 bits per heavy atom. The van der Waals surface area contributed by atoms with E-state index in [0.29, 0.717) is 6.61 Å². The van der Waals surface area contributed by atoms with Crippen LogP contribution in [0.15, 0.2) is 24.8 Å². The summed E-state index contributed by atoms with van der Waals surface area (Å²) in [6.07, 6.45) is 4.11. The number of ether oxygens (including phenoxy) is 1. The molecule has 1 rings (SSSR count). The Kier molecular flexibility index (Phi) is 4.24. The van der Waals surface area contributed by atoms with Crippen molar-refractivity contribution in [2.24, 2.45) is 0 Å². The summed E-state index contributed by atoms with van der Waals surface area (Å²) < 4.78 is 5.54. The first-order valence-electron chi connectivity index (χ1n) is 5.20. The van der Waals surface area contributed by atoms with Crippen molar-refractivity contribution in [2.75, 3.05) is 6.61 Å². The van der Waals surface area contributed by atoms with Crippen molar-refractivity contribution in [1.29, 1.82) is 0 Å². The summed E-state index contributed by atoms with van der Waals surface area (Å²) in [5.41, 5.74) is 2.41. The van der Waals surface area contributed by atoms with Crippen molar-refractivity contribution in [3.05, 3.63) is 35.9 Å². The van der Waals surface area contributed by atoms with E-state index in [2.05, 4.69) is 31.7 Å². The van der Waals surface area contributed by atoms with Gasteiger partial charge in [-0.1, -0.05) is 38.1 Å². The zero-order chi connectivity index (χ0) is 10.4. The first-order valence-corrected chi connectivity index (χ1v) is 5.20. The second-order valence-corrected chi connectivity index (χ2v) is 3.26. The van der Waals surface area contributed by atoms with E-state index in [1.54, 1.807) is 0 Å². The molecule has 0 fully saturated rings. The molecule has 0 heterocycles. The highest BCUT2D eigenvalue weighted by Crippen LogP contribution is 2.22. The number of aryl methyl sites for hydroxylation is 1. The van der Waals surface area contributed by atoms with E-state index in [9.17, 15) is 0 Å². The second kappa shape index (κ2) is 5.48. The van der Waals surface area contributed by atoms with Gasteiger partial charge in [0.15, 0.2) is 0 Å². The van der Waals surface area contributed by atoms with Crippen molar-refractivity contribution < 1.29 is 4.74 Å². The van der Waals surface area contributed by atoms with Gasteiger partial charge in [0, 0.05) is 5.56 Å². The van der Waals surface area contributed by atoms with Crippen LogP contribution in [-0.2, 0) is 6.42 Å². The quantitative estimate of drug-likeness (QED) is 0.688. The molecule has 0 N–H and O–H groups in total. The van der Waals surface area contributed by atoms with Crippen molar-refractivity contribution in [3.8, 4) is 5.75 Å². The Morgan fingerprint density at radius 1 is 1.36 bits per heavy atom. The highest BCUT2D eigenvalue weighted by Gasteiger charge is 2.01. The fourth-order valence-corrected chi connectivity index (χ4v) is 1.47. The van der Waals surface area contributed by atoms with Gasteiger partial charge in [-0.15, -0.1) is 0 Å². The Labute approximate surface area is 86.4 Å². The standard InChI is InChI=1S/C13H18O/c1-4-7-11-8-9-12(5-2)13(10-11)14-6-3/h5,8-10H,2,4,6-7H2,1,3H3. The molecule has 1 heteroatoms. The fourth-order valence-electron chi connectivity index (χ4n) is 1.47. The molecule has 0 saturated carbocycles. The van der Waals surface area contributed by atoms with Gasteiger partial charge in [-0.05, 0) is 25.0 Å². The average molecular weight is 190 g/mol. The summed E-state index contributed by atoms with van der Waals surface area (Å²) in [5, 5.41) is 0. The van der Waals surface area contributed by atoms with E-state index in [4.69, 9.17) is 4.74 Å². The monoisotopic (exact) mass is 190 g/mol. The minimum absolute atomic E-state index is 0.705. The van der Waals surface area contributed by atoms with Crippen LogP contribution in [0.25, 0.3) is 6.08 Å². The molecule has 0 aromatic heterocycles. The smallest absolute Gasteiger partial charge is 0.126 e. The molecule has 1 aromatic carbocycles. The summed E-state index contributed by atoms with van der Waals surface area (Å²) in [6, 6.07) is 6.33. The topological polar surface area (TPSA) is 9.23 Å². The first kappa shape index (κ1) is 10.8. The Bertz CT molecular complexity index is 302. The van der Waals surface area contributed by atoms with Gasteiger partial charge in [0.25, 0.3) is 0 Å². The fraction of sp³-hybridized carbons (Fsp3) is 0.385. The van der Waals surface area contributed by atoms with Crippen molar-refractivity contribution >= 4 is 6.08 Å². The van der Waals surface area contributed by atoms with Crippen LogP contribution in [0.3, 0.4) is 0 Å². The molecular weight excluding hydrogens is 172 g/mol. The molecule has 0 atom stereocenters. The molecule has 0 aliphatic rings. The van der Waals surface area contributed by atoms with E-state index in [1.165, 1.54) is 12.0 Å². The highest BCUT2D eigenvalue weighted by atomic mass is 16.5. The lowest BCUT2D eigenvalue weighted by Crippen LogP contribution is -1.95. The molecule has 0 unspecified atom stereocenters. The van der Waals surface area contributed by atoms with Crippen LogP contribution < -0.4 is 4.74 Å². The van der Waals surface area contributed by atoms with Crippen LogP contribution in [0, 0.1) is 0 Å². The number of rotatable bonds is 5. The summed E-state index contributed by atoms with van der Waals surface area (Å²) in [4.78, 5) is 0. The third-order valence-corrected chi connectivity index (χ3v) is 2.14. The van der Waals surface area contributed by atoms with Gasteiger partial charge in [0.05, 0.1) is 6.61 Å². The summed E-state index contributed by atoms with van der Waals surface area (Å²) in [7, 11) is 0. The number of hydrogen-bond donors (Lipinski definition) is 0. The van der Waals surface area contributed by atoms with Gasteiger partial charge < -0.3 is 4.74 Å². The van der Waals surface area contributed by atoms with Gasteiger partial charge in [0.2, 0.25) is 0 Å². The molecule has 76 valence electrons. The summed E-state index contributed by atoms with van der Waals surface area (Å²) >= 11 is 0. The zero-order valence-corrected chi connectivity index (χ0v) is 9.05. The average Bonchev–Trinajstić information content (AvgIpc) is 2.19. The normalized spacial score (nSPS) is 9.86. The Balaban J connectivity index is 2.94. The van der Waals surface area contributed by atoms with E-state index in [1.807, 2.05) is 13.0 Å². The molecular formula is C13H18O. The first-order chi connectivity index (χ1) is 6.81. The molecule has 1 nitrogen and oxygen atoms in total. The van der Waals surface area contributed by atoms with Crippen LogP contribution in [0.2, 0.25) is 0 Å². The van der Waals surface area contributed by atoms with Crippen molar-refractivity contribution in [3.63, 3.8) is 0 Å². The SMILES string of the molecule is C=Cc1ccc(CCC)cc1OCC. The molecule has 0 amide bonds. The van der Waals surface area contributed by atoms with E-state index >= 15 is 0 Å². The molecule has 0 radical (unpaired) electrons. The second-order valence-electron chi connectivity index (χ2n) is 3.26. The molecule has 1 aromatic rings. The lowest BCUT2D eigenvalue weighted by molar-refractivity contribution is 0.339. The van der Waals surface area contributed by atoms with Crippen LogP contribution in [0.1, 0.15) is 31.4 Å². The maximum Gasteiger partial charge on any atom is 0.126 e. The number of hydrogen-bond acceptors (Lipinski definition) is 1. The van der Waals surface area contributed by atoms with Gasteiger partial charge >= 0.3 is 0 Å². The van der Waals surface area contributed by atoms with Gasteiger partial charge in [-0.25, -0.2) is 0 Å². The van der Waals surface area contributed by atoms with Crippen LogP contribution >= 0.6 is 0 Å². The maximum absolute atomic E-state index is 5.54. The number of benzene rings is 1. The van der Waals surface area contributed by atoms with E-state index in [0.717, 1.165) is 17.7 Å². The van der Waals surface area contributed by atoms with E-state index in [-0.39, 0.29) is 0 Å². The predicted molar refractivity (Wildman–Crippen MR) is 61.7 cm³/mol. The van der Waals surface area contributed by atoms with Crippen LogP contribution in [0.5, 0.6) is 5.75 Å². The molecule has 0 spiro atoms. The van der Waals surface area contributed by atoms with Crippen molar-refractivity contribution in [2.45, 2.75) is 26.7 Å². The third kappa shape index (κ3) is 2.63. The van der Waals surface area contributed by atoms with E-state index < -0.39 is 0 Å². The lowest BCUT2D eigenvalue weighted by Gasteiger charge is -2.09. The minimum atomic E-state index is 0.705. The van der Waals surface area contributed by atoms with Gasteiger partial charge in [-0.2, -0.15) is 0 Å². The maximum atomic E-state index is 5.54. The van der Waals surface area contributed by atoms with Crippen molar-refractivity contribution in [1.82, 2.24) is 0 Å². The predicted octanol–water partition coefficient (Wildman–Crippen LogP) is 3.68. The third-order valence-electron chi connectivity index (χ3n) is 2.14. The molecule has 0 aliphatic carbocycles. The highest BCUT2D eigenvalue weighted by molar-refractivity contribution is 5.56. The summed E-state index contributed by atoms with van der Waals surface area (Å²) in [5.74, 6) is 0.952. The van der Waals surface area contributed by atoms with Crippen LogP contribution in [-0.4, -0.2) is 6.61 Å². The Hall–Kier alpha value is -1.24. The molecule has 0 aliphatic heterocycles. The molecule has 0 bridgehead atoms. The largest absolute Gasteiger partial charge is 0.493 e. The molecule has 0 saturated heterocycles. The molecule has 14 heavy (non-hydrogen) atoms. The van der Waals surface area contributed by atoms with Crippen LogP contribution in [0.4, 0.5) is 0 Å². The Morgan fingerprint density at radius 3 is 2.71 bits per heavy atom. The minimum Gasteiger partial charge on any atom is -0.493 e.